The van der Waals surface area contributed by atoms with Crippen LogP contribution in [0.3, 0.4) is 0 Å². The molecule has 2 bridgehead atoms. The number of likely N-dealkylation sites (tertiary alicyclic amines) is 1. The molecular formula is C50H52N6O8S. The molecule has 336 valence electrons. The van der Waals surface area contributed by atoms with Gasteiger partial charge in [-0.3, -0.25) is 33.6 Å². The summed E-state index contributed by atoms with van der Waals surface area (Å²) < 4.78 is 0. The number of carboxylic acids is 1. The van der Waals surface area contributed by atoms with E-state index in [9.17, 15) is 38.7 Å². The van der Waals surface area contributed by atoms with Gasteiger partial charge in [0.1, 0.15) is 24.2 Å². The van der Waals surface area contributed by atoms with Gasteiger partial charge in [-0.2, -0.15) is 0 Å². The third-order valence-corrected chi connectivity index (χ3v) is 12.5. The second kappa shape index (κ2) is 22.0. The summed E-state index contributed by atoms with van der Waals surface area (Å²) in [6.07, 6.45) is 0.682. The van der Waals surface area contributed by atoms with E-state index in [-0.39, 0.29) is 45.1 Å². The van der Waals surface area contributed by atoms with E-state index in [4.69, 9.17) is 0 Å². The minimum atomic E-state index is -1.24. The maximum atomic E-state index is 14.7. The maximum absolute atomic E-state index is 14.7. The van der Waals surface area contributed by atoms with Crippen LogP contribution in [-0.4, -0.2) is 88.7 Å². The number of nitrogens with one attached hydrogen (secondary N) is 5. The Hall–Kier alpha value is -7.13. The van der Waals surface area contributed by atoms with Crippen LogP contribution in [0.4, 0.5) is 5.69 Å². The Morgan fingerprint density at radius 3 is 1.83 bits per heavy atom. The first-order chi connectivity index (χ1) is 31.5. The average molecular weight is 897 g/mol. The number of thiophene rings is 1. The van der Waals surface area contributed by atoms with E-state index < -0.39 is 71.5 Å². The Labute approximate surface area is 381 Å². The molecule has 3 aliphatic heterocycles. The van der Waals surface area contributed by atoms with Gasteiger partial charge in [-0.15, -0.1) is 11.3 Å². The smallest absolute Gasteiger partial charge is 0.308 e. The van der Waals surface area contributed by atoms with Crippen LogP contribution in [-0.2, 0) is 59.2 Å². The summed E-state index contributed by atoms with van der Waals surface area (Å²) in [6.45, 7) is 0.289. The van der Waals surface area contributed by atoms with Crippen LogP contribution >= 0.6 is 11.3 Å². The molecule has 1 aromatic heterocycles. The van der Waals surface area contributed by atoms with Crippen molar-refractivity contribution in [2.75, 3.05) is 18.4 Å². The van der Waals surface area contributed by atoms with Gasteiger partial charge in [0.2, 0.25) is 35.4 Å². The number of rotatable bonds is 9. The molecule has 8 rings (SSSR count). The molecule has 15 heteroatoms. The van der Waals surface area contributed by atoms with E-state index in [0.29, 0.717) is 36.2 Å². The van der Waals surface area contributed by atoms with Gasteiger partial charge in [0.25, 0.3) is 0 Å². The van der Waals surface area contributed by atoms with Gasteiger partial charge < -0.3 is 36.6 Å². The molecule has 14 nitrogen and oxygen atoms in total. The zero-order chi connectivity index (χ0) is 45.7. The van der Waals surface area contributed by atoms with Crippen molar-refractivity contribution in [1.29, 1.82) is 0 Å². The molecule has 0 spiro atoms. The van der Waals surface area contributed by atoms with Crippen molar-refractivity contribution in [3.8, 4) is 11.1 Å². The largest absolute Gasteiger partial charge is 0.481 e. The minimum Gasteiger partial charge on any atom is -0.481 e. The highest BCUT2D eigenvalue weighted by molar-refractivity contribution is 7.09. The maximum Gasteiger partial charge on any atom is 0.308 e. The minimum absolute atomic E-state index is 0.0164. The highest BCUT2D eigenvalue weighted by atomic mass is 32.1. The number of anilines is 1. The van der Waals surface area contributed by atoms with Crippen LogP contribution in [0.25, 0.3) is 11.1 Å². The molecule has 6 amide bonds. The lowest BCUT2D eigenvalue weighted by molar-refractivity contribution is -0.147. The molecule has 0 aliphatic carbocycles. The fourth-order valence-corrected chi connectivity index (χ4v) is 8.85. The third-order valence-electron chi connectivity index (χ3n) is 11.6. The second-order valence-electron chi connectivity index (χ2n) is 16.5. The zero-order valence-corrected chi connectivity index (χ0v) is 36.6. The van der Waals surface area contributed by atoms with E-state index in [1.807, 2.05) is 90.3 Å². The first-order valence-electron chi connectivity index (χ1n) is 21.8. The number of piperidine rings is 1. The first kappa shape index (κ1) is 45.9. The zero-order valence-electron chi connectivity index (χ0n) is 35.7. The predicted molar refractivity (Wildman–Crippen MR) is 246 cm³/mol. The number of amides is 6. The van der Waals surface area contributed by atoms with Crippen LogP contribution in [0.2, 0.25) is 0 Å². The lowest BCUT2D eigenvalue weighted by Gasteiger charge is -2.34. The molecule has 5 atom stereocenters. The van der Waals surface area contributed by atoms with Crippen molar-refractivity contribution in [2.45, 2.75) is 75.5 Å². The first-order valence-corrected chi connectivity index (χ1v) is 22.7. The molecular weight excluding hydrogens is 845 g/mol. The van der Waals surface area contributed by atoms with Crippen molar-refractivity contribution in [1.82, 2.24) is 26.2 Å². The third kappa shape index (κ3) is 13.0. The molecule has 0 radical (unpaired) electrons. The topological polar surface area (TPSA) is 203 Å². The summed E-state index contributed by atoms with van der Waals surface area (Å²) in [4.78, 5) is 98.7. The van der Waals surface area contributed by atoms with E-state index in [1.165, 1.54) is 16.2 Å². The predicted octanol–water partition coefficient (Wildman–Crippen LogP) is 4.68. The summed E-state index contributed by atoms with van der Waals surface area (Å²) >= 11 is 1.40. The van der Waals surface area contributed by atoms with E-state index in [0.717, 1.165) is 21.6 Å². The van der Waals surface area contributed by atoms with Crippen molar-refractivity contribution in [3.63, 3.8) is 0 Å². The van der Waals surface area contributed by atoms with Crippen LogP contribution in [0, 0.1) is 5.92 Å². The SMILES string of the molecule is O=C1CCC(=O)NC(Cc2cccs2)C(=O)NC(Cc2ccc(-c3ccccc3)cc2)C(=O)NC(Cc2ccccc2)C(=O)NC(C(=O)N2CCCC(C(=O)O)C2)Cc2ccc(cc2)N1. The van der Waals surface area contributed by atoms with Crippen LogP contribution in [0.5, 0.6) is 0 Å². The van der Waals surface area contributed by atoms with Gasteiger partial charge in [-0.1, -0.05) is 103 Å². The van der Waals surface area contributed by atoms with Crippen LogP contribution in [0.15, 0.2) is 127 Å². The number of benzene rings is 4. The molecule has 1 saturated heterocycles. The number of carbonyl (C=O) groups is 7. The number of carbonyl (C=O) groups excluding carboxylic acids is 6. The molecule has 4 aromatic carbocycles. The van der Waals surface area contributed by atoms with Gasteiger partial charge in [0, 0.05) is 62.2 Å². The number of hydrogen-bond donors (Lipinski definition) is 6. The molecule has 1 fully saturated rings. The normalized spacial score (nSPS) is 21.4. The molecule has 3 aliphatic rings. The number of carboxylic acid groups (broad SMARTS) is 1. The van der Waals surface area contributed by atoms with E-state index in [1.54, 1.807) is 36.4 Å². The van der Waals surface area contributed by atoms with Gasteiger partial charge in [-0.05, 0) is 64.2 Å². The van der Waals surface area contributed by atoms with Crippen molar-refractivity contribution < 1.29 is 38.7 Å². The molecule has 0 saturated carbocycles. The van der Waals surface area contributed by atoms with Crippen molar-refractivity contribution in [3.05, 3.63) is 148 Å². The molecule has 4 heterocycles. The van der Waals surface area contributed by atoms with Gasteiger partial charge >= 0.3 is 5.97 Å². The lowest BCUT2D eigenvalue weighted by atomic mass is 9.96. The Balaban J connectivity index is 1.24. The summed E-state index contributed by atoms with van der Waals surface area (Å²) in [5, 5.41) is 25.9. The fourth-order valence-electron chi connectivity index (χ4n) is 8.10. The molecule has 5 aromatic rings. The molecule has 5 unspecified atom stereocenters. The van der Waals surface area contributed by atoms with Gasteiger partial charge in [0.15, 0.2) is 0 Å². The Kier molecular flexibility index (Phi) is 15.5. The van der Waals surface area contributed by atoms with Crippen LogP contribution in [0.1, 0.15) is 47.3 Å². The highest BCUT2D eigenvalue weighted by Gasteiger charge is 2.36. The quantitative estimate of drug-likeness (QED) is 0.115. The van der Waals surface area contributed by atoms with Crippen LogP contribution < -0.4 is 26.6 Å². The van der Waals surface area contributed by atoms with Gasteiger partial charge in [0.05, 0.1) is 5.92 Å². The Morgan fingerprint density at radius 1 is 0.615 bits per heavy atom. The second-order valence-corrected chi connectivity index (χ2v) is 17.5. The summed E-state index contributed by atoms with van der Waals surface area (Å²) in [5.74, 6) is -5.18. The Bertz CT molecular complexity index is 2450. The fraction of sp³-hybridized carbons (Fsp3) is 0.300. The standard InChI is InChI=1S/C50H52N6O8S/c57-44-23-24-45(58)52-42(30-39-14-8-26-65-39)48(61)54-41(28-33-15-19-36(20-16-33)35-11-5-2-6-12-35)46(59)53-40(27-32-9-3-1-4-10-32)47(60)55-43(29-34-17-21-38(51-44)22-18-34)49(62)56-25-7-13-37(31-56)50(63)64/h1-6,8-12,14-22,26,37,40-43H,7,13,23-25,27-31H2,(H,51,57)(H,52,58)(H,53,59)(H,54,61)(H,55,60)(H,63,64). The monoisotopic (exact) mass is 896 g/mol. The summed E-state index contributed by atoms with van der Waals surface area (Å²) in [7, 11) is 0. The number of nitrogens with zero attached hydrogens (tertiary/aromatic N) is 1. The lowest BCUT2D eigenvalue weighted by Crippen LogP contribution is -2.60. The summed E-state index contributed by atoms with van der Waals surface area (Å²) in [6, 6.07) is 32.0. The number of hydrogen-bond acceptors (Lipinski definition) is 8. The molecule has 65 heavy (non-hydrogen) atoms. The average Bonchev–Trinajstić information content (AvgIpc) is 3.84. The number of aliphatic carboxylic acids is 1. The van der Waals surface area contributed by atoms with E-state index >= 15 is 0 Å². The highest BCUT2D eigenvalue weighted by Crippen LogP contribution is 2.22. The van der Waals surface area contributed by atoms with E-state index in [2.05, 4.69) is 26.6 Å². The van der Waals surface area contributed by atoms with Crippen molar-refractivity contribution in [2.24, 2.45) is 5.92 Å². The Morgan fingerprint density at radius 2 is 1.20 bits per heavy atom. The summed E-state index contributed by atoms with van der Waals surface area (Å²) in [5.41, 5.74) is 4.46. The van der Waals surface area contributed by atoms with Crippen molar-refractivity contribution >= 4 is 58.4 Å². The molecule has 6 N–H and O–H groups in total. The number of fused-ring (bicyclic) bond motifs is 18. The van der Waals surface area contributed by atoms with Gasteiger partial charge in [-0.25, -0.2) is 0 Å².